The van der Waals surface area contributed by atoms with Gasteiger partial charge in [-0.05, 0) is 43.5 Å². The average molecular weight is 604 g/mol. The van der Waals surface area contributed by atoms with Crippen molar-refractivity contribution in [2.45, 2.75) is 43.9 Å². The smallest absolute Gasteiger partial charge is 0.335 e. The molecule has 2 aliphatic heterocycles. The van der Waals surface area contributed by atoms with E-state index in [1.807, 2.05) is 6.07 Å². The standard InChI is InChI=1S/C28H25Cl2FN4O4S/c29-19-2-1-3-20(30)23(19)24-18(26(39-33-24)14-4-5-14)13-38-17-10-16-11-35(7-6-34(16)12-17)28-32-25-21(31)8-15(27(36)37)9-22(25)40-28/h1-3,8-9,14,16-17H,4-7,10-13H2,(H,36,37)/t16-,17+/m1/s1. The Bertz CT molecular complexity index is 1600. The number of hydrogen-bond donors (Lipinski definition) is 1. The zero-order valence-electron chi connectivity index (χ0n) is 21.3. The van der Waals surface area contributed by atoms with Crippen LogP contribution in [0.2, 0.25) is 10.0 Å². The van der Waals surface area contributed by atoms with Gasteiger partial charge < -0.3 is 19.3 Å². The van der Waals surface area contributed by atoms with Crippen LogP contribution in [0.1, 0.15) is 46.9 Å². The molecule has 208 valence electrons. The van der Waals surface area contributed by atoms with Crippen molar-refractivity contribution in [2.75, 3.05) is 31.1 Å². The van der Waals surface area contributed by atoms with Crippen LogP contribution in [-0.2, 0) is 11.3 Å². The van der Waals surface area contributed by atoms with E-state index in [9.17, 15) is 14.3 Å². The number of fused-ring (bicyclic) bond motifs is 2. The lowest BCUT2D eigenvalue weighted by Crippen LogP contribution is -2.50. The van der Waals surface area contributed by atoms with Crippen LogP contribution < -0.4 is 4.90 Å². The molecular formula is C28H25Cl2FN4O4S. The predicted octanol–water partition coefficient (Wildman–Crippen LogP) is 6.45. The second-order valence-electron chi connectivity index (χ2n) is 10.6. The summed E-state index contributed by atoms with van der Waals surface area (Å²) in [5, 5.41) is 15.4. The number of aromatic carboxylic acids is 1. The Morgan fingerprint density at radius 3 is 2.75 bits per heavy atom. The molecule has 2 aromatic heterocycles. The van der Waals surface area contributed by atoms with E-state index in [2.05, 4.69) is 19.9 Å². The second kappa shape index (κ2) is 10.3. The van der Waals surface area contributed by atoms with Crippen LogP contribution in [0.4, 0.5) is 9.52 Å². The molecule has 0 bridgehead atoms. The van der Waals surface area contributed by atoms with Crippen molar-refractivity contribution >= 4 is 55.9 Å². The molecule has 0 unspecified atom stereocenters. The number of aromatic nitrogens is 2. The minimum Gasteiger partial charge on any atom is -0.478 e. The number of thiazole rings is 1. The Morgan fingerprint density at radius 1 is 1.20 bits per heavy atom. The SMILES string of the molecule is O=C(O)c1cc(F)c2nc(N3CCN4C[C@@H](OCc5c(-c6c(Cl)cccc6Cl)noc5C5CC5)C[C@@H]4C3)sc2c1. The van der Waals surface area contributed by atoms with Crippen LogP contribution in [0.3, 0.4) is 0 Å². The molecule has 3 aliphatic rings. The number of nitrogens with zero attached hydrogens (tertiary/aromatic N) is 4. The van der Waals surface area contributed by atoms with Gasteiger partial charge >= 0.3 is 5.97 Å². The maximum Gasteiger partial charge on any atom is 0.335 e. The van der Waals surface area contributed by atoms with Crippen molar-refractivity contribution in [1.29, 1.82) is 0 Å². The fraction of sp³-hybridized carbons (Fsp3) is 0.393. The molecule has 0 spiro atoms. The zero-order chi connectivity index (χ0) is 27.5. The van der Waals surface area contributed by atoms with E-state index in [0.29, 0.717) is 43.7 Å². The third kappa shape index (κ3) is 4.75. The Labute approximate surface area is 243 Å². The average Bonchev–Trinajstić information content (AvgIpc) is 3.34. The molecule has 40 heavy (non-hydrogen) atoms. The Morgan fingerprint density at radius 2 is 2.00 bits per heavy atom. The lowest BCUT2D eigenvalue weighted by atomic mass is 10.0. The van der Waals surface area contributed by atoms with E-state index in [1.54, 1.807) is 12.1 Å². The number of benzene rings is 2. The van der Waals surface area contributed by atoms with Gasteiger partial charge in [0, 0.05) is 49.3 Å². The van der Waals surface area contributed by atoms with Crippen LogP contribution in [0.25, 0.3) is 21.5 Å². The summed E-state index contributed by atoms with van der Waals surface area (Å²) in [6, 6.07) is 8.19. The predicted molar refractivity (Wildman–Crippen MR) is 151 cm³/mol. The van der Waals surface area contributed by atoms with Crippen molar-refractivity contribution in [1.82, 2.24) is 15.0 Å². The van der Waals surface area contributed by atoms with Crippen molar-refractivity contribution in [3.8, 4) is 11.3 Å². The summed E-state index contributed by atoms with van der Waals surface area (Å²) in [6.45, 7) is 3.52. The van der Waals surface area contributed by atoms with Gasteiger partial charge in [-0.2, -0.15) is 0 Å². The number of rotatable bonds is 7. The highest BCUT2D eigenvalue weighted by Gasteiger charge is 2.39. The fourth-order valence-corrected chi connectivity index (χ4v) is 7.41. The van der Waals surface area contributed by atoms with Gasteiger partial charge in [0.1, 0.15) is 17.0 Å². The Kier molecular flexibility index (Phi) is 6.71. The number of ether oxygens (including phenoxy) is 1. The molecule has 2 aromatic carbocycles. The molecular weight excluding hydrogens is 578 g/mol. The fourth-order valence-electron chi connectivity index (χ4n) is 5.78. The number of hydrogen-bond acceptors (Lipinski definition) is 8. The van der Waals surface area contributed by atoms with E-state index >= 15 is 0 Å². The highest BCUT2D eigenvalue weighted by Crippen LogP contribution is 2.46. The normalized spacial score (nSPS) is 21.3. The molecule has 0 amide bonds. The van der Waals surface area contributed by atoms with Gasteiger partial charge in [0.25, 0.3) is 0 Å². The first-order valence-electron chi connectivity index (χ1n) is 13.2. The highest BCUT2D eigenvalue weighted by molar-refractivity contribution is 7.22. The monoisotopic (exact) mass is 602 g/mol. The first kappa shape index (κ1) is 26.2. The maximum atomic E-state index is 14.5. The third-order valence-electron chi connectivity index (χ3n) is 7.96. The molecule has 12 heteroatoms. The van der Waals surface area contributed by atoms with E-state index in [0.717, 1.165) is 62.8 Å². The molecule has 4 aromatic rings. The first-order chi connectivity index (χ1) is 19.4. The number of piperazine rings is 1. The molecule has 3 fully saturated rings. The van der Waals surface area contributed by atoms with Crippen molar-refractivity contribution in [3.05, 3.63) is 63.1 Å². The van der Waals surface area contributed by atoms with Gasteiger partial charge in [0.05, 0.1) is 33.0 Å². The molecule has 4 heterocycles. The van der Waals surface area contributed by atoms with Crippen molar-refractivity contribution in [2.24, 2.45) is 0 Å². The largest absolute Gasteiger partial charge is 0.478 e. The van der Waals surface area contributed by atoms with Gasteiger partial charge in [-0.25, -0.2) is 14.2 Å². The summed E-state index contributed by atoms with van der Waals surface area (Å²) in [5.74, 6) is -0.544. The summed E-state index contributed by atoms with van der Waals surface area (Å²) >= 11 is 14.3. The molecule has 8 nitrogen and oxygen atoms in total. The van der Waals surface area contributed by atoms with Crippen LogP contribution in [-0.4, -0.2) is 64.4 Å². The third-order valence-corrected chi connectivity index (χ3v) is 9.66. The first-order valence-corrected chi connectivity index (χ1v) is 14.8. The minimum atomic E-state index is -1.15. The molecule has 2 saturated heterocycles. The lowest BCUT2D eigenvalue weighted by molar-refractivity contribution is 0.0463. The Balaban J connectivity index is 1.06. The van der Waals surface area contributed by atoms with Gasteiger partial charge in [-0.3, -0.25) is 4.90 Å². The number of carboxylic acids is 1. The molecule has 7 rings (SSSR count). The minimum absolute atomic E-state index is 0.0346. The maximum absolute atomic E-state index is 14.5. The molecule has 1 N–H and O–H groups in total. The number of anilines is 1. The van der Waals surface area contributed by atoms with E-state index in [4.69, 9.17) is 32.5 Å². The van der Waals surface area contributed by atoms with Crippen molar-refractivity contribution < 1.29 is 23.6 Å². The van der Waals surface area contributed by atoms with E-state index in [1.165, 1.54) is 17.4 Å². The van der Waals surface area contributed by atoms with Crippen molar-refractivity contribution in [3.63, 3.8) is 0 Å². The second-order valence-corrected chi connectivity index (χ2v) is 12.4. The van der Waals surface area contributed by atoms with Crippen LogP contribution in [0, 0.1) is 5.82 Å². The summed E-state index contributed by atoms with van der Waals surface area (Å²) in [4.78, 5) is 20.4. The van der Waals surface area contributed by atoms with Gasteiger partial charge in [-0.1, -0.05) is 45.8 Å². The van der Waals surface area contributed by atoms with Crippen LogP contribution in [0.15, 0.2) is 34.9 Å². The van der Waals surface area contributed by atoms with Crippen LogP contribution in [0.5, 0.6) is 0 Å². The molecule has 1 saturated carbocycles. The number of carbonyl (C=O) groups is 1. The summed E-state index contributed by atoms with van der Waals surface area (Å²) in [7, 11) is 0. The molecule has 0 radical (unpaired) electrons. The summed E-state index contributed by atoms with van der Waals surface area (Å²) < 4.78 is 27.3. The van der Waals surface area contributed by atoms with Gasteiger partial charge in [0.15, 0.2) is 10.9 Å². The summed E-state index contributed by atoms with van der Waals surface area (Å²) in [6.07, 6.45) is 3.03. The molecule has 2 atom stereocenters. The summed E-state index contributed by atoms with van der Waals surface area (Å²) in [5.41, 5.74) is 2.38. The quantitative estimate of drug-likeness (QED) is 0.258. The van der Waals surface area contributed by atoms with Gasteiger partial charge in [-0.15, -0.1) is 0 Å². The lowest BCUT2D eigenvalue weighted by Gasteiger charge is -2.37. The highest BCUT2D eigenvalue weighted by atomic mass is 35.5. The van der Waals surface area contributed by atoms with E-state index in [-0.39, 0.29) is 23.2 Å². The van der Waals surface area contributed by atoms with Crippen LogP contribution >= 0.6 is 34.5 Å². The van der Waals surface area contributed by atoms with Gasteiger partial charge in [0.2, 0.25) is 0 Å². The number of halogens is 3. The molecule has 1 aliphatic carbocycles. The zero-order valence-corrected chi connectivity index (χ0v) is 23.6. The topological polar surface area (TPSA) is 91.9 Å². The Hall–Kier alpha value is -2.76. The number of carboxylic acid groups (broad SMARTS) is 1. The van der Waals surface area contributed by atoms with E-state index < -0.39 is 11.8 Å².